The number of aryl methyl sites for hydroxylation is 1. The van der Waals surface area contributed by atoms with Gasteiger partial charge in [-0.1, -0.05) is 13.8 Å². The van der Waals surface area contributed by atoms with E-state index in [-0.39, 0.29) is 18.1 Å². The van der Waals surface area contributed by atoms with E-state index in [0.29, 0.717) is 18.3 Å². The molecular formula is C15H25N3O2. The van der Waals surface area contributed by atoms with Crippen LogP contribution in [0.5, 0.6) is 0 Å². The maximum atomic E-state index is 12.1. The van der Waals surface area contributed by atoms with Crippen LogP contribution in [-0.4, -0.2) is 26.9 Å². The maximum absolute atomic E-state index is 12.1. The van der Waals surface area contributed by atoms with E-state index in [0.717, 1.165) is 24.8 Å². The Morgan fingerprint density at radius 2 is 2.25 bits per heavy atom. The van der Waals surface area contributed by atoms with Crippen LogP contribution in [0.15, 0.2) is 12.4 Å². The molecule has 0 aliphatic heterocycles. The number of aliphatic hydroxyl groups excluding tert-OH is 1. The van der Waals surface area contributed by atoms with Crippen LogP contribution in [0.3, 0.4) is 0 Å². The summed E-state index contributed by atoms with van der Waals surface area (Å²) in [4.78, 5) is 12.1. The fourth-order valence-electron chi connectivity index (χ4n) is 2.64. The maximum Gasteiger partial charge on any atom is 0.220 e. The summed E-state index contributed by atoms with van der Waals surface area (Å²) < 4.78 is 1.75. The quantitative estimate of drug-likeness (QED) is 0.834. The average Bonchev–Trinajstić information content (AvgIpc) is 2.76. The van der Waals surface area contributed by atoms with E-state index >= 15 is 0 Å². The molecule has 2 N–H and O–H groups in total. The molecule has 0 radical (unpaired) electrons. The fourth-order valence-corrected chi connectivity index (χ4v) is 2.64. The highest BCUT2D eigenvalue weighted by Crippen LogP contribution is 2.38. The fraction of sp³-hybridized carbons (Fsp3) is 0.733. The topological polar surface area (TPSA) is 67.2 Å². The first-order valence-electron chi connectivity index (χ1n) is 7.41. The molecule has 20 heavy (non-hydrogen) atoms. The summed E-state index contributed by atoms with van der Waals surface area (Å²) in [5.74, 6) is 0.939. The molecule has 1 aromatic rings. The Labute approximate surface area is 120 Å². The minimum atomic E-state index is -0.216. The number of amides is 1. The van der Waals surface area contributed by atoms with E-state index in [9.17, 15) is 9.90 Å². The molecule has 0 spiro atoms. The second-order valence-corrected chi connectivity index (χ2v) is 6.31. The summed E-state index contributed by atoms with van der Waals surface area (Å²) in [7, 11) is 1.87. The van der Waals surface area contributed by atoms with Crippen molar-refractivity contribution in [3.63, 3.8) is 0 Å². The third kappa shape index (κ3) is 3.82. The highest BCUT2D eigenvalue weighted by Gasteiger charge is 2.36. The molecule has 1 saturated carbocycles. The zero-order chi connectivity index (χ0) is 14.7. The van der Waals surface area contributed by atoms with Gasteiger partial charge >= 0.3 is 0 Å². The lowest BCUT2D eigenvalue weighted by atomic mass is 9.75. The van der Waals surface area contributed by atoms with Crippen molar-refractivity contribution >= 4 is 5.91 Å². The number of carbonyl (C=O) groups is 1. The van der Waals surface area contributed by atoms with Crippen LogP contribution in [0.2, 0.25) is 0 Å². The van der Waals surface area contributed by atoms with Crippen molar-refractivity contribution in [2.24, 2.45) is 18.9 Å². The van der Waals surface area contributed by atoms with Crippen molar-refractivity contribution in [3.05, 3.63) is 18.0 Å². The third-order valence-corrected chi connectivity index (χ3v) is 3.97. The van der Waals surface area contributed by atoms with Gasteiger partial charge < -0.3 is 10.4 Å². The van der Waals surface area contributed by atoms with Crippen molar-refractivity contribution in [1.29, 1.82) is 0 Å². The van der Waals surface area contributed by atoms with Gasteiger partial charge in [-0.3, -0.25) is 9.48 Å². The van der Waals surface area contributed by atoms with Gasteiger partial charge in [-0.15, -0.1) is 0 Å². The van der Waals surface area contributed by atoms with Gasteiger partial charge in [-0.05, 0) is 31.1 Å². The number of hydrogen-bond acceptors (Lipinski definition) is 3. The molecule has 1 atom stereocenters. The van der Waals surface area contributed by atoms with Crippen molar-refractivity contribution in [2.75, 3.05) is 0 Å². The smallest absolute Gasteiger partial charge is 0.220 e. The molecule has 0 aromatic carbocycles. The molecule has 1 aliphatic rings. The Morgan fingerprint density at radius 1 is 1.55 bits per heavy atom. The van der Waals surface area contributed by atoms with Crippen LogP contribution >= 0.6 is 0 Å². The second kappa shape index (κ2) is 6.39. The Morgan fingerprint density at radius 3 is 2.75 bits per heavy atom. The number of nitrogens with one attached hydrogen (secondary N) is 1. The van der Waals surface area contributed by atoms with Gasteiger partial charge in [0.15, 0.2) is 0 Å². The first-order valence-corrected chi connectivity index (χ1v) is 7.41. The lowest BCUT2D eigenvalue weighted by Crippen LogP contribution is -2.41. The van der Waals surface area contributed by atoms with Gasteiger partial charge in [0.25, 0.3) is 0 Å². The Balaban J connectivity index is 1.98. The van der Waals surface area contributed by atoms with Gasteiger partial charge in [0, 0.05) is 25.2 Å². The number of aliphatic hydroxyl groups is 1. The van der Waals surface area contributed by atoms with E-state index in [2.05, 4.69) is 24.3 Å². The van der Waals surface area contributed by atoms with Crippen LogP contribution < -0.4 is 5.32 Å². The monoisotopic (exact) mass is 279 g/mol. The molecule has 1 amide bonds. The molecule has 2 rings (SSSR count). The predicted molar refractivity (Wildman–Crippen MR) is 76.9 cm³/mol. The normalized spacial score (nSPS) is 23.4. The summed E-state index contributed by atoms with van der Waals surface area (Å²) in [6.07, 6.45) is 6.50. The number of nitrogens with zero attached hydrogens (tertiary/aromatic N) is 2. The predicted octanol–water partition coefficient (Wildman–Crippen LogP) is 1.78. The molecule has 1 fully saturated rings. The van der Waals surface area contributed by atoms with E-state index < -0.39 is 0 Å². The van der Waals surface area contributed by atoms with E-state index in [4.69, 9.17) is 0 Å². The Hall–Kier alpha value is -1.36. The van der Waals surface area contributed by atoms with Crippen molar-refractivity contribution < 1.29 is 9.90 Å². The zero-order valence-corrected chi connectivity index (χ0v) is 12.5. The Bertz CT molecular complexity index is 450. The zero-order valence-electron chi connectivity index (χ0n) is 12.5. The summed E-state index contributed by atoms with van der Waals surface area (Å²) in [5, 5.41) is 16.8. The number of aromatic nitrogens is 2. The highest BCUT2D eigenvalue weighted by molar-refractivity contribution is 5.76. The average molecular weight is 279 g/mol. The molecule has 5 nitrogen and oxygen atoms in total. The third-order valence-electron chi connectivity index (χ3n) is 3.97. The highest BCUT2D eigenvalue weighted by atomic mass is 16.3. The minimum absolute atomic E-state index is 0.0215. The van der Waals surface area contributed by atoms with Crippen molar-refractivity contribution in [3.8, 4) is 0 Å². The van der Waals surface area contributed by atoms with Gasteiger partial charge in [0.05, 0.1) is 18.3 Å². The largest absolute Gasteiger partial charge is 0.393 e. The first-order chi connectivity index (χ1) is 9.45. The summed E-state index contributed by atoms with van der Waals surface area (Å²) in [6.45, 7) is 4.24. The van der Waals surface area contributed by atoms with Crippen LogP contribution in [0, 0.1) is 11.8 Å². The molecule has 112 valence electrons. The van der Waals surface area contributed by atoms with E-state index in [1.165, 1.54) is 0 Å². The second-order valence-electron chi connectivity index (χ2n) is 6.31. The Kier molecular flexibility index (Phi) is 4.81. The molecular weight excluding hydrogens is 254 g/mol. The molecule has 1 aliphatic carbocycles. The molecule has 5 heteroatoms. The van der Waals surface area contributed by atoms with Crippen LogP contribution in [0.1, 0.15) is 51.1 Å². The number of carbonyl (C=O) groups excluding carboxylic acids is 1. The molecule has 0 saturated heterocycles. The molecule has 1 aromatic heterocycles. The van der Waals surface area contributed by atoms with Gasteiger partial charge in [0.1, 0.15) is 0 Å². The standard InChI is InChI=1S/C15H25N3O2/c1-10(2)4-5-14(20)17-15(11-6-13(19)7-11)12-8-16-18(3)9-12/h8-11,13,15,19H,4-7H2,1-3H3,(H,17,20). The summed E-state index contributed by atoms with van der Waals surface area (Å²) >= 11 is 0. The lowest BCUT2D eigenvalue weighted by Gasteiger charge is -2.37. The lowest BCUT2D eigenvalue weighted by molar-refractivity contribution is -0.123. The number of hydrogen-bond donors (Lipinski definition) is 2. The molecule has 0 bridgehead atoms. The van der Waals surface area contributed by atoms with Gasteiger partial charge in [-0.25, -0.2) is 0 Å². The molecule has 1 heterocycles. The van der Waals surface area contributed by atoms with E-state index in [1.807, 2.05) is 13.2 Å². The summed E-state index contributed by atoms with van der Waals surface area (Å²) in [5.41, 5.74) is 1.03. The van der Waals surface area contributed by atoms with E-state index in [1.54, 1.807) is 10.9 Å². The molecule has 1 unspecified atom stereocenters. The van der Waals surface area contributed by atoms with Crippen molar-refractivity contribution in [1.82, 2.24) is 15.1 Å². The van der Waals surface area contributed by atoms with Crippen LogP contribution in [0.4, 0.5) is 0 Å². The minimum Gasteiger partial charge on any atom is -0.393 e. The van der Waals surface area contributed by atoms with Crippen molar-refractivity contribution in [2.45, 2.75) is 51.7 Å². The summed E-state index contributed by atoms with van der Waals surface area (Å²) in [6, 6.07) is -0.0215. The van der Waals surface area contributed by atoms with Crippen LogP contribution in [-0.2, 0) is 11.8 Å². The van der Waals surface area contributed by atoms with Crippen LogP contribution in [0.25, 0.3) is 0 Å². The number of rotatable bonds is 6. The van der Waals surface area contributed by atoms with Gasteiger partial charge in [-0.2, -0.15) is 5.10 Å². The SMILES string of the molecule is CC(C)CCC(=O)NC(c1cnn(C)c1)C1CC(O)C1. The first kappa shape index (κ1) is 15.0. The van der Waals surface area contributed by atoms with Gasteiger partial charge in [0.2, 0.25) is 5.91 Å².